The summed E-state index contributed by atoms with van der Waals surface area (Å²) < 4.78 is 0. The lowest BCUT2D eigenvalue weighted by atomic mass is 10.1. The fourth-order valence-electron chi connectivity index (χ4n) is 1.81. The van der Waals surface area contributed by atoms with Gasteiger partial charge >= 0.3 is 6.03 Å². The van der Waals surface area contributed by atoms with E-state index < -0.39 is 0 Å². The Bertz CT molecular complexity index is 609. The summed E-state index contributed by atoms with van der Waals surface area (Å²) in [4.78, 5) is 11.8. The number of nitrogens with one attached hydrogen (secondary N) is 2. The summed E-state index contributed by atoms with van der Waals surface area (Å²) in [5, 5.41) is 6.39. The maximum atomic E-state index is 11.8. The topological polar surface area (TPSA) is 67.1 Å². The summed E-state index contributed by atoms with van der Waals surface area (Å²) in [5.41, 5.74) is 8.00. The first-order valence-corrected chi connectivity index (χ1v) is 7.14. The van der Waals surface area contributed by atoms with E-state index in [9.17, 15) is 4.79 Å². The third kappa shape index (κ3) is 5.17. The van der Waals surface area contributed by atoms with Gasteiger partial charge in [0.15, 0.2) is 0 Å². The van der Waals surface area contributed by atoms with Gasteiger partial charge in [-0.15, -0.1) is 0 Å². The summed E-state index contributed by atoms with van der Waals surface area (Å²) in [6.07, 6.45) is 0.726. The van der Waals surface area contributed by atoms with Gasteiger partial charge in [-0.25, -0.2) is 4.79 Å². The number of nitrogen functional groups attached to an aromatic ring is 1. The second kappa shape index (κ2) is 7.20. The van der Waals surface area contributed by atoms with Crippen molar-refractivity contribution in [2.75, 3.05) is 17.6 Å². The van der Waals surface area contributed by atoms with E-state index in [1.165, 1.54) is 0 Å². The summed E-state index contributed by atoms with van der Waals surface area (Å²) in [7, 11) is 0. The number of rotatable bonds is 4. The molecule has 21 heavy (non-hydrogen) atoms. The molecule has 0 aromatic heterocycles. The van der Waals surface area contributed by atoms with Gasteiger partial charge in [-0.1, -0.05) is 35.3 Å². The standard InChI is InChI=1S/C15H15Cl2N3O/c16-11-7-12(17)9-14(8-11)20-15(21)19-6-5-10-1-3-13(18)4-2-10/h1-4,7-9H,5-6,18H2,(H2,19,20,21). The SMILES string of the molecule is Nc1ccc(CCNC(=O)Nc2cc(Cl)cc(Cl)c2)cc1. The van der Waals surface area contributed by atoms with Gasteiger partial charge in [-0.3, -0.25) is 0 Å². The van der Waals surface area contributed by atoms with E-state index >= 15 is 0 Å². The third-order valence-corrected chi connectivity index (χ3v) is 3.24. The zero-order valence-electron chi connectivity index (χ0n) is 11.2. The molecule has 0 aliphatic rings. The van der Waals surface area contributed by atoms with Gasteiger partial charge in [0.1, 0.15) is 0 Å². The molecule has 2 amide bonds. The highest BCUT2D eigenvalue weighted by Gasteiger charge is 2.03. The number of urea groups is 1. The number of hydrogen-bond donors (Lipinski definition) is 3. The average Bonchev–Trinajstić information content (AvgIpc) is 2.39. The molecule has 2 rings (SSSR count). The van der Waals surface area contributed by atoms with Crippen LogP contribution in [0.15, 0.2) is 42.5 Å². The van der Waals surface area contributed by atoms with E-state index in [2.05, 4.69) is 10.6 Å². The number of benzene rings is 2. The smallest absolute Gasteiger partial charge is 0.319 e. The molecular weight excluding hydrogens is 309 g/mol. The average molecular weight is 324 g/mol. The molecule has 110 valence electrons. The van der Waals surface area contributed by atoms with Crippen LogP contribution in [0.2, 0.25) is 10.0 Å². The highest BCUT2D eigenvalue weighted by molar-refractivity contribution is 6.35. The first kappa shape index (κ1) is 15.5. The Morgan fingerprint density at radius 2 is 1.67 bits per heavy atom. The van der Waals surface area contributed by atoms with Crippen LogP contribution >= 0.6 is 23.2 Å². The molecule has 6 heteroatoms. The van der Waals surface area contributed by atoms with Crippen LogP contribution < -0.4 is 16.4 Å². The van der Waals surface area contributed by atoms with Crippen molar-refractivity contribution in [2.24, 2.45) is 0 Å². The van der Waals surface area contributed by atoms with Crippen LogP contribution in [0.25, 0.3) is 0 Å². The number of nitrogens with two attached hydrogens (primary N) is 1. The Hall–Kier alpha value is -1.91. The molecule has 0 heterocycles. The molecule has 4 nitrogen and oxygen atoms in total. The lowest BCUT2D eigenvalue weighted by molar-refractivity contribution is 0.252. The quantitative estimate of drug-likeness (QED) is 0.746. The van der Waals surface area contributed by atoms with Gasteiger partial charge in [0, 0.05) is 28.0 Å². The highest BCUT2D eigenvalue weighted by atomic mass is 35.5. The summed E-state index contributed by atoms with van der Waals surface area (Å²) in [6.45, 7) is 0.518. The minimum absolute atomic E-state index is 0.302. The predicted octanol–water partition coefficient (Wildman–Crippen LogP) is 3.94. The summed E-state index contributed by atoms with van der Waals surface area (Å²) in [5.74, 6) is 0. The van der Waals surface area contributed by atoms with Crippen molar-refractivity contribution in [1.82, 2.24) is 5.32 Å². The van der Waals surface area contributed by atoms with Gasteiger partial charge in [0.2, 0.25) is 0 Å². The number of carbonyl (C=O) groups is 1. The van der Waals surface area contributed by atoms with Crippen LogP contribution in [0.1, 0.15) is 5.56 Å². The maximum absolute atomic E-state index is 11.8. The molecule has 0 aliphatic heterocycles. The van der Waals surface area contributed by atoms with Crippen molar-refractivity contribution in [3.8, 4) is 0 Å². The molecule has 0 saturated carbocycles. The Morgan fingerprint density at radius 1 is 1.05 bits per heavy atom. The molecule has 0 spiro atoms. The Labute approximate surface area is 133 Å². The van der Waals surface area contributed by atoms with Gasteiger partial charge < -0.3 is 16.4 Å². The number of carbonyl (C=O) groups excluding carboxylic acids is 1. The molecule has 0 fully saturated rings. The van der Waals surface area contributed by atoms with Crippen LogP contribution in [0.4, 0.5) is 16.2 Å². The molecule has 0 unspecified atom stereocenters. The van der Waals surface area contributed by atoms with E-state index in [0.717, 1.165) is 17.7 Å². The van der Waals surface area contributed by atoms with Gasteiger partial charge in [0.25, 0.3) is 0 Å². The molecule has 2 aromatic carbocycles. The van der Waals surface area contributed by atoms with Gasteiger partial charge in [-0.05, 0) is 42.3 Å². The van der Waals surface area contributed by atoms with Crippen LogP contribution in [-0.2, 0) is 6.42 Å². The van der Waals surface area contributed by atoms with Crippen LogP contribution in [0, 0.1) is 0 Å². The van der Waals surface area contributed by atoms with Crippen molar-refractivity contribution in [3.05, 3.63) is 58.1 Å². The fraction of sp³-hybridized carbons (Fsp3) is 0.133. The zero-order valence-corrected chi connectivity index (χ0v) is 12.7. The van der Waals surface area contributed by atoms with E-state index in [1.54, 1.807) is 18.2 Å². The van der Waals surface area contributed by atoms with Gasteiger partial charge in [0.05, 0.1) is 0 Å². The molecule has 0 radical (unpaired) electrons. The van der Waals surface area contributed by atoms with E-state index in [-0.39, 0.29) is 6.03 Å². The largest absolute Gasteiger partial charge is 0.399 e. The normalized spacial score (nSPS) is 10.2. The van der Waals surface area contributed by atoms with Crippen molar-refractivity contribution in [1.29, 1.82) is 0 Å². The first-order valence-electron chi connectivity index (χ1n) is 6.38. The van der Waals surface area contributed by atoms with Crippen molar-refractivity contribution < 1.29 is 4.79 Å². The second-order valence-corrected chi connectivity index (χ2v) is 5.40. The van der Waals surface area contributed by atoms with Gasteiger partial charge in [-0.2, -0.15) is 0 Å². The molecule has 0 aliphatic carbocycles. The minimum atomic E-state index is -0.302. The van der Waals surface area contributed by atoms with E-state index in [1.807, 2.05) is 24.3 Å². The lowest BCUT2D eigenvalue weighted by Crippen LogP contribution is -2.30. The van der Waals surface area contributed by atoms with Crippen molar-refractivity contribution >= 4 is 40.6 Å². The van der Waals surface area contributed by atoms with Crippen LogP contribution in [0.3, 0.4) is 0 Å². The number of anilines is 2. The number of halogens is 2. The third-order valence-electron chi connectivity index (χ3n) is 2.80. The molecule has 0 bridgehead atoms. The Kier molecular flexibility index (Phi) is 5.31. The minimum Gasteiger partial charge on any atom is -0.399 e. The number of amides is 2. The first-order chi connectivity index (χ1) is 10.0. The molecule has 4 N–H and O–H groups in total. The molecule has 2 aromatic rings. The zero-order chi connectivity index (χ0) is 15.2. The van der Waals surface area contributed by atoms with Crippen molar-refractivity contribution in [2.45, 2.75) is 6.42 Å². The highest BCUT2D eigenvalue weighted by Crippen LogP contribution is 2.22. The predicted molar refractivity (Wildman–Crippen MR) is 88.0 cm³/mol. The Balaban J connectivity index is 1.80. The fourth-order valence-corrected chi connectivity index (χ4v) is 2.33. The monoisotopic (exact) mass is 323 g/mol. The maximum Gasteiger partial charge on any atom is 0.319 e. The van der Waals surface area contributed by atoms with E-state index in [0.29, 0.717) is 22.3 Å². The van der Waals surface area contributed by atoms with E-state index in [4.69, 9.17) is 28.9 Å². The second-order valence-electron chi connectivity index (χ2n) is 4.53. The summed E-state index contributed by atoms with van der Waals surface area (Å²) in [6, 6.07) is 12.1. The van der Waals surface area contributed by atoms with Crippen molar-refractivity contribution in [3.63, 3.8) is 0 Å². The van der Waals surface area contributed by atoms with Crippen LogP contribution in [0.5, 0.6) is 0 Å². The lowest BCUT2D eigenvalue weighted by Gasteiger charge is -2.08. The molecular formula is C15H15Cl2N3O. The van der Waals surface area contributed by atoms with Crippen LogP contribution in [-0.4, -0.2) is 12.6 Å². The number of hydrogen-bond acceptors (Lipinski definition) is 2. The molecule has 0 atom stereocenters. The summed E-state index contributed by atoms with van der Waals surface area (Å²) >= 11 is 11.7. The Morgan fingerprint density at radius 3 is 2.29 bits per heavy atom. The molecule has 0 saturated heterocycles.